The van der Waals surface area contributed by atoms with Crippen molar-refractivity contribution in [2.75, 3.05) is 18.9 Å². The van der Waals surface area contributed by atoms with Gasteiger partial charge in [0.2, 0.25) is 5.91 Å². The smallest absolute Gasteiger partial charge is 0.238 e. The van der Waals surface area contributed by atoms with Crippen LogP contribution in [0.25, 0.3) is 10.6 Å². The van der Waals surface area contributed by atoms with Crippen molar-refractivity contribution >= 4 is 38.9 Å². The molecular weight excluding hydrogens is 422 g/mol. The van der Waals surface area contributed by atoms with Gasteiger partial charge in [0.25, 0.3) is 0 Å². The normalized spacial score (nSPS) is 11.0. The first-order chi connectivity index (χ1) is 13.0. The molecule has 1 heterocycles. The highest BCUT2D eigenvalue weighted by Gasteiger charge is 2.11. The fourth-order valence-corrected chi connectivity index (χ4v) is 3.93. The summed E-state index contributed by atoms with van der Waals surface area (Å²) in [5.74, 6) is -0.0463. The van der Waals surface area contributed by atoms with Gasteiger partial charge in [-0.25, -0.2) is 4.98 Å². The lowest BCUT2D eigenvalue weighted by Gasteiger charge is -2.15. The number of halogens is 1. The van der Waals surface area contributed by atoms with Crippen LogP contribution in [0.2, 0.25) is 0 Å². The van der Waals surface area contributed by atoms with Gasteiger partial charge in [0.1, 0.15) is 5.01 Å². The van der Waals surface area contributed by atoms with Crippen LogP contribution in [-0.4, -0.2) is 29.4 Å². The van der Waals surface area contributed by atoms with Gasteiger partial charge in [0, 0.05) is 22.0 Å². The second-order valence-electron chi connectivity index (χ2n) is 6.39. The van der Waals surface area contributed by atoms with Gasteiger partial charge in [-0.2, -0.15) is 0 Å². The lowest BCUT2D eigenvalue weighted by molar-refractivity contribution is -0.117. The van der Waals surface area contributed by atoms with Crippen LogP contribution in [0.3, 0.4) is 0 Å². The van der Waals surface area contributed by atoms with Crippen LogP contribution in [-0.2, 0) is 17.8 Å². The molecule has 1 amide bonds. The molecule has 0 spiro atoms. The van der Waals surface area contributed by atoms with Crippen LogP contribution >= 0.6 is 27.3 Å². The van der Waals surface area contributed by atoms with E-state index in [1.54, 1.807) is 11.3 Å². The van der Waals surface area contributed by atoms with E-state index in [0.29, 0.717) is 13.1 Å². The van der Waals surface area contributed by atoms with Crippen LogP contribution in [0.15, 0.2) is 58.4 Å². The van der Waals surface area contributed by atoms with Gasteiger partial charge in [0.05, 0.1) is 17.9 Å². The third-order valence-electron chi connectivity index (χ3n) is 4.15. The number of carbonyl (C=O) groups is 1. The van der Waals surface area contributed by atoms with Gasteiger partial charge in [-0.05, 0) is 47.1 Å². The Hall–Kier alpha value is -2.02. The number of hydrogen-bond acceptors (Lipinski definition) is 4. The lowest BCUT2D eigenvalue weighted by Crippen LogP contribution is -2.30. The summed E-state index contributed by atoms with van der Waals surface area (Å²) in [6, 6.07) is 16.1. The van der Waals surface area contributed by atoms with Crippen molar-refractivity contribution in [1.82, 2.24) is 9.88 Å². The second-order valence-corrected chi connectivity index (χ2v) is 8.11. The van der Waals surface area contributed by atoms with E-state index in [0.717, 1.165) is 32.8 Å². The summed E-state index contributed by atoms with van der Waals surface area (Å²) in [6.45, 7) is 3.09. The molecule has 0 aliphatic heterocycles. The molecule has 27 heavy (non-hydrogen) atoms. The monoisotopic (exact) mass is 443 g/mol. The number of nitrogens with zero attached hydrogens (tertiary/aromatic N) is 2. The maximum absolute atomic E-state index is 12.3. The lowest BCUT2D eigenvalue weighted by atomic mass is 10.1. The number of amides is 1. The first-order valence-corrected chi connectivity index (χ1v) is 10.5. The molecule has 140 valence electrons. The number of likely N-dealkylation sites (N-methyl/N-ethyl adjacent to an activating group) is 1. The molecule has 0 unspecified atom stereocenters. The Morgan fingerprint density at radius 3 is 2.63 bits per heavy atom. The van der Waals surface area contributed by atoms with Crippen molar-refractivity contribution < 1.29 is 4.79 Å². The van der Waals surface area contributed by atoms with Crippen LogP contribution in [0.4, 0.5) is 5.69 Å². The van der Waals surface area contributed by atoms with E-state index in [4.69, 9.17) is 4.98 Å². The summed E-state index contributed by atoms with van der Waals surface area (Å²) in [7, 11) is 1.93. The fourth-order valence-electron chi connectivity index (χ4n) is 2.73. The van der Waals surface area contributed by atoms with Crippen molar-refractivity contribution in [2.45, 2.75) is 19.9 Å². The van der Waals surface area contributed by atoms with Crippen molar-refractivity contribution in [1.29, 1.82) is 0 Å². The number of anilines is 1. The van der Waals surface area contributed by atoms with Crippen LogP contribution in [0, 0.1) is 0 Å². The largest absolute Gasteiger partial charge is 0.324 e. The number of rotatable bonds is 7. The minimum absolute atomic E-state index is 0.0463. The number of nitrogens with one attached hydrogen (secondary N) is 1. The molecule has 0 radical (unpaired) electrons. The molecule has 0 bridgehead atoms. The van der Waals surface area contributed by atoms with Crippen LogP contribution in [0.1, 0.15) is 18.2 Å². The molecule has 1 aromatic heterocycles. The van der Waals surface area contributed by atoms with Gasteiger partial charge < -0.3 is 5.32 Å². The van der Waals surface area contributed by atoms with Crippen molar-refractivity contribution in [3.8, 4) is 10.6 Å². The molecule has 1 N–H and O–H groups in total. The van der Waals surface area contributed by atoms with Gasteiger partial charge in [-0.3, -0.25) is 9.69 Å². The molecular formula is C21H22BrN3OS. The molecule has 2 aromatic carbocycles. The molecule has 0 aliphatic carbocycles. The fraction of sp³-hybridized carbons (Fsp3) is 0.238. The predicted molar refractivity (Wildman–Crippen MR) is 116 cm³/mol. The van der Waals surface area contributed by atoms with Crippen LogP contribution in [0.5, 0.6) is 0 Å². The zero-order chi connectivity index (χ0) is 19.2. The average molecular weight is 444 g/mol. The summed E-state index contributed by atoms with van der Waals surface area (Å²) >= 11 is 5.08. The Bertz CT molecular complexity index is 908. The second kappa shape index (κ2) is 9.26. The molecule has 0 aliphatic rings. The Morgan fingerprint density at radius 2 is 1.93 bits per heavy atom. The summed E-state index contributed by atoms with van der Waals surface area (Å²) in [4.78, 5) is 18.9. The van der Waals surface area contributed by atoms with E-state index in [-0.39, 0.29) is 5.91 Å². The Balaban J connectivity index is 1.56. The number of hydrogen-bond donors (Lipinski definition) is 1. The van der Waals surface area contributed by atoms with Crippen LogP contribution < -0.4 is 5.32 Å². The first-order valence-electron chi connectivity index (χ1n) is 8.81. The van der Waals surface area contributed by atoms with Gasteiger partial charge in [-0.15, -0.1) is 11.3 Å². The highest BCUT2D eigenvalue weighted by molar-refractivity contribution is 9.10. The van der Waals surface area contributed by atoms with Gasteiger partial charge in [-0.1, -0.05) is 43.3 Å². The number of aromatic nitrogens is 1. The maximum Gasteiger partial charge on any atom is 0.238 e. The SMILES string of the molecule is CCc1ccc(-c2nc(CN(C)CC(=O)Nc3ccccc3Br)cs2)cc1. The number of thiazole rings is 1. The Kier molecular flexibility index (Phi) is 6.77. The molecule has 0 saturated heterocycles. The summed E-state index contributed by atoms with van der Waals surface area (Å²) in [5.41, 5.74) is 4.22. The number of aryl methyl sites for hydroxylation is 1. The van der Waals surface area contributed by atoms with E-state index in [1.807, 2.05) is 36.2 Å². The third-order valence-corrected chi connectivity index (χ3v) is 5.79. The van der Waals surface area contributed by atoms with Gasteiger partial charge in [0.15, 0.2) is 0 Å². The quantitative estimate of drug-likeness (QED) is 0.545. The van der Waals surface area contributed by atoms with Crippen molar-refractivity contribution in [3.05, 3.63) is 69.6 Å². The zero-order valence-corrected chi connectivity index (χ0v) is 17.8. The van der Waals surface area contributed by atoms with Gasteiger partial charge >= 0.3 is 0 Å². The van der Waals surface area contributed by atoms with Crippen molar-refractivity contribution in [3.63, 3.8) is 0 Å². The first kappa shape index (κ1) is 19.7. The van der Waals surface area contributed by atoms with E-state index >= 15 is 0 Å². The third kappa shape index (κ3) is 5.48. The number of benzene rings is 2. The number of carbonyl (C=O) groups excluding carboxylic acids is 1. The summed E-state index contributed by atoms with van der Waals surface area (Å²) < 4.78 is 0.874. The predicted octanol–water partition coefficient (Wildman–Crippen LogP) is 5.21. The standard InChI is InChI=1S/C21H22BrN3OS/c1-3-15-8-10-16(11-9-15)21-23-17(14-27-21)12-25(2)13-20(26)24-19-7-5-4-6-18(19)22/h4-11,14H,3,12-13H2,1-2H3,(H,24,26). The molecule has 3 rings (SSSR count). The highest BCUT2D eigenvalue weighted by atomic mass is 79.9. The molecule has 3 aromatic rings. The average Bonchev–Trinajstić information content (AvgIpc) is 3.12. The van der Waals surface area contributed by atoms with E-state index in [2.05, 4.69) is 57.8 Å². The van der Waals surface area contributed by atoms with E-state index in [9.17, 15) is 4.79 Å². The molecule has 4 nitrogen and oxygen atoms in total. The highest BCUT2D eigenvalue weighted by Crippen LogP contribution is 2.25. The van der Waals surface area contributed by atoms with E-state index < -0.39 is 0 Å². The number of para-hydroxylation sites is 1. The molecule has 0 saturated carbocycles. The molecule has 0 fully saturated rings. The topological polar surface area (TPSA) is 45.2 Å². The molecule has 0 atom stereocenters. The Morgan fingerprint density at radius 1 is 1.19 bits per heavy atom. The maximum atomic E-state index is 12.3. The summed E-state index contributed by atoms with van der Waals surface area (Å²) in [5, 5.41) is 6.00. The minimum atomic E-state index is -0.0463. The Labute approximate surface area is 172 Å². The minimum Gasteiger partial charge on any atom is -0.324 e. The van der Waals surface area contributed by atoms with Crippen molar-refractivity contribution in [2.24, 2.45) is 0 Å². The van der Waals surface area contributed by atoms with E-state index in [1.165, 1.54) is 5.56 Å². The molecule has 6 heteroatoms. The zero-order valence-electron chi connectivity index (χ0n) is 15.4. The summed E-state index contributed by atoms with van der Waals surface area (Å²) in [6.07, 6.45) is 1.04.